The highest BCUT2D eigenvalue weighted by Gasteiger charge is 2.21. The number of rotatable bonds is 5. The first-order valence-electron chi connectivity index (χ1n) is 6.05. The normalized spacial score (nSPS) is 13.2. The third-order valence-electron chi connectivity index (χ3n) is 2.52. The molecule has 0 aliphatic rings. The molecule has 0 fully saturated rings. The van der Waals surface area contributed by atoms with Gasteiger partial charge in [-0.3, -0.25) is 19.1 Å². The Balaban J connectivity index is 2.92. The molecule has 0 saturated carbocycles. The highest BCUT2D eigenvalue weighted by molar-refractivity contribution is 5.73. The molecule has 0 spiro atoms. The van der Waals surface area contributed by atoms with Gasteiger partial charge in [-0.2, -0.15) is 4.39 Å². The molecule has 0 bridgehead atoms. The molecule has 1 aromatic rings. The van der Waals surface area contributed by atoms with Crippen LogP contribution in [0.3, 0.4) is 0 Å². The quantitative estimate of drug-likeness (QED) is 0.693. The Bertz CT molecular complexity index is 600. The Kier molecular flexibility index (Phi) is 4.83. The Morgan fingerprint density at radius 2 is 2.10 bits per heavy atom. The molecule has 8 heteroatoms. The molecule has 7 nitrogen and oxygen atoms in total. The van der Waals surface area contributed by atoms with Gasteiger partial charge >= 0.3 is 11.7 Å². The summed E-state index contributed by atoms with van der Waals surface area (Å²) < 4.78 is 13.9. The van der Waals surface area contributed by atoms with Gasteiger partial charge in [0.1, 0.15) is 6.04 Å². The van der Waals surface area contributed by atoms with E-state index in [1.165, 1.54) is 0 Å². The number of aromatic amines is 1. The monoisotopic (exact) mass is 287 g/mol. The van der Waals surface area contributed by atoms with Gasteiger partial charge in [0.05, 0.1) is 12.7 Å². The van der Waals surface area contributed by atoms with E-state index in [4.69, 9.17) is 5.11 Å². The first-order valence-corrected chi connectivity index (χ1v) is 6.05. The molecule has 0 aliphatic heterocycles. The van der Waals surface area contributed by atoms with Gasteiger partial charge in [-0.15, -0.1) is 0 Å². The van der Waals surface area contributed by atoms with Crippen molar-refractivity contribution in [2.24, 2.45) is 5.41 Å². The predicted molar refractivity (Wildman–Crippen MR) is 70.2 cm³/mol. The second-order valence-electron chi connectivity index (χ2n) is 5.72. The molecule has 0 unspecified atom stereocenters. The number of H-pyrrole nitrogens is 1. The van der Waals surface area contributed by atoms with Crippen molar-refractivity contribution in [3.63, 3.8) is 0 Å². The lowest BCUT2D eigenvalue weighted by Gasteiger charge is -2.23. The van der Waals surface area contributed by atoms with E-state index >= 15 is 0 Å². The molecule has 0 aromatic carbocycles. The van der Waals surface area contributed by atoms with Gasteiger partial charge in [0.2, 0.25) is 5.82 Å². The second kappa shape index (κ2) is 6.00. The smallest absolute Gasteiger partial charge is 0.328 e. The topological polar surface area (TPSA) is 104 Å². The van der Waals surface area contributed by atoms with Crippen LogP contribution >= 0.6 is 0 Å². The van der Waals surface area contributed by atoms with Crippen molar-refractivity contribution in [3.8, 4) is 0 Å². The van der Waals surface area contributed by atoms with Crippen LogP contribution in [0.2, 0.25) is 0 Å². The average molecular weight is 287 g/mol. The summed E-state index contributed by atoms with van der Waals surface area (Å²) in [5.41, 5.74) is -2.12. The van der Waals surface area contributed by atoms with Crippen molar-refractivity contribution in [1.29, 1.82) is 0 Å². The number of carboxylic acid groups (broad SMARTS) is 1. The maximum atomic E-state index is 13.1. The summed E-state index contributed by atoms with van der Waals surface area (Å²) in [7, 11) is 0. The maximum absolute atomic E-state index is 13.1. The van der Waals surface area contributed by atoms with Crippen LogP contribution in [-0.2, 0) is 11.3 Å². The minimum Gasteiger partial charge on any atom is -0.480 e. The Labute approximate surface area is 114 Å². The summed E-state index contributed by atoms with van der Waals surface area (Å²) >= 11 is 0. The number of hydrogen-bond donors (Lipinski definition) is 3. The number of nitrogens with one attached hydrogen (secondary N) is 2. The van der Waals surface area contributed by atoms with Crippen molar-refractivity contribution in [3.05, 3.63) is 32.9 Å². The standard InChI is InChI=1S/C12H18FN3O4/c1-12(2,3)6-14-8(10(18)19)5-16-4-7(13)9(17)15-11(16)20/h4,8,14H,5-6H2,1-3H3,(H,18,19)(H,15,17,20)/t8-/m0/s1. The average Bonchev–Trinajstić information content (AvgIpc) is 2.29. The fourth-order valence-electron chi connectivity index (χ4n) is 1.47. The third kappa shape index (κ3) is 4.61. The highest BCUT2D eigenvalue weighted by atomic mass is 19.1. The maximum Gasteiger partial charge on any atom is 0.328 e. The number of halogens is 1. The molecule has 1 atom stereocenters. The fourth-order valence-corrected chi connectivity index (χ4v) is 1.47. The molecular weight excluding hydrogens is 269 g/mol. The van der Waals surface area contributed by atoms with E-state index in [-0.39, 0.29) is 12.0 Å². The SMILES string of the molecule is CC(C)(C)CN[C@@H](Cn1cc(F)c(=O)[nH]c1=O)C(=O)O. The molecule has 1 aromatic heterocycles. The molecule has 1 heterocycles. The fraction of sp³-hybridized carbons (Fsp3) is 0.583. The molecule has 0 radical (unpaired) electrons. The van der Waals surface area contributed by atoms with E-state index in [2.05, 4.69) is 5.32 Å². The number of carbonyl (C=O) groups is 1. The molecule has 3 N–H and O–H groups in total. The number of aromatic nitrogens is 2. The molecule has 0 saturated heterocycles. The lowest BCUT2D eigenvalue weighted by atomic mass is 9.96. The lowest BCUT2D eigenvalue weighted by Crippen LogP contribution is -2.46. The Morgan fingerprint density at radius 1 is 1.50 bits per heavy atom. The van der Waals surface area contributed by atoms with Crippen LogP contribution < -0.4 is 16.6 Å². The molecule has 1 rings (SSSR count). The Hall–Kier alpha value is -1.96. The Morgan fingerprint density at radius 3 is 2.60 bits per heavy atom. The van der Waals surface area contributed by atoms with Crippen molar-refractivity contribution < 1.29 is 14.3 Å². The van der Waals surface area contributed by atoms with E-state index < -0.39 is 29.1 Å². The number of nitrogens with zero attached hydrogens (tertiary/aromatic N) is 1. The highest BCUT2D eigenvalue weighted by Crippen LogP contribution is 2.10. The third-order valence-corrected chi connectivity index (χ3v) is 2.52. The van der Waals surface area contributed by atoms with Crippen LogP contribution in [0.1, 0.15) is 20.8 Å². The van der Waals surface area contributed by atoms with Crippen LogP contribution in [0.4, 0.5) is 4.39 Å². The summed E-state index contributed by atoms with van der Waals surface area (Å²) in [6, 6.07) is -1.06. The second-order valence-corrected chi connectivity index (χ2v) is 5.72. The number of carboxylic acids is 1. The molecular formula is C12H18FN3O4. The van der Waals surface area contributed by atoms with Gasteiger partial charge in [0.15, 0.2) is 0 Å². The molecule has 0 aliphatic carbocycles. The summed E-state index contributed by atoms with van der Waals surface area (Å²) in [4.78, 5) is 35.3. The predicted octanol–water partition coefficient (Wildman–Crippen LogP) is -0.235. The molecule has 112 valence electrons. The zero-order valence-electron chi connectivity index (χ0n) is 11.6. The van der Waals surface area contributed by atoms with Crippen LogP contribution in [0.25, 0.3) is 0 Å². The lowest BCUT2D eigenvalue weighted by molar-refractivity contribution is -0.140. The van der Waals surface area contributed by atoms with Crippen LogP contribution in [0.15, 0.2) is 15.8 Å². The van der Waals surface area contributed by atoms with E-state index in [1.807, 2.05) is 20.8 Å². The van der Waals surface area contributed by atoms with E-state index in [0.717, 1.165) is 4.57 Å². The van der Waals surface area contributed by atoms with Crippen molar-refractivity contribution >= 4 is 5.97 Å². The van der Waals surface area contributed by atoms with Gasteiger partial charge in [0, 0.05) is 6.54 Å². The summed E-state index contributed by atoms with van der Waals surface area (Å²) in [5, 5.41) is 11.9. The van der Waals surface area contributed by atoms with Gasteiger partial charge in [-0.1, -0.05) is 20.8 Å². The minimum atomic E-state index is -1.16. The zero-order valence-corrected chi connectivity index (χ0v) is 11.6. The molecule has 20 heavy (non-hydrogen) atoms. The summed E-state index contributed by atoms with van der Waals surface area (Å²) in [6.45, 7) is 5.89. The van der Waals surface area contributed by atoms with E-state index in [0.29, 0.717) is 12.7 Å². The van der Waals surface area contributed by atoms with Crippen LogP contribution in [-0.4, -0.2) is 33.2 Å². The first-order chi connectivity index (χ1) is 9.10. The van der Waals surface area contributed by atoms with Gasteiger partial charge in [-0.25, -0.2) is 4.79 Å². The zero-order chi connectivity index (χ0) is 15.5. The number of aliphatic carboxylic acids is 1. The summed E-state index contributed by atoms with van der Waals surface area (Å²) in [5.74, 6) is -2.29. The number of hydrogen-bond acceptors (Lipinski definition) is 4. The van der Waals surface area contributed by atoms with Crippen molar-refractivity contribution in [2.75, 3.05) is 6.54 Å². The first kappa shape index (κ1) is 16.1. The minimum absolute atomic E-state index is 0.144. The van der Waals surface area contributed by atoms with Crippen LogP contribution in [0.5, 0.6) is 0 Å². The van der Waals surface area contributed by atoms with Crippen LogP contribution in [0, 0.1) is 11.2 Å². The van der Waals surface area contributed by atoms with Gasteiger partial charge in [0.25, 0.3) is 5.56 Å². The summed E-state index contributed by atoms with van der Waals surface area (Å²) in [6.07, 6.45) is 0.704. The molecule has 0 amide bonds. The van der Waals surface area contributed by atoms with Crippen molar-refractivity contribution in [1.82, 2.24) is 14.9 Å². The van der Waals surface area contributed by atoms with E-state index in [1.54, 1.807) is 4.98 Å². The largest absolute Gasteiger partial charge is 0.480 e. The van der Waals surface area contributed by atoms with Gasteiger partial charge < -0.3 is 10.4 Å². The van der Waals surface area contributed by atoms with Crippen molar-refractivity contribution in [2.45, 2.75) is 33.4 Å². The van der Waals surface area contributed by atoms with E-state index in [9.17, 15) is 18.8 Å². The van der Waals surface area contributed by atoms with Gasteiger partial charge in [-0.05, 0) is 5.41 Å².